The van der Waals surface area contributed by atoms with Gasteiger partial charge in [-0.2, -0.15) is 0 Å². The van der Waals surface area contributed by atoms with E-state index in [1.165, 1.54) is 12.2 Å². The number of rotatable bonds is 4. The molecule has 0 N–H and O–H groups in total. The second-order valence-electron chi connectivity index (χ2n) is 1.19. The molecule has 9 heavy (non-hydrogen) atoms. The average Bonchev–Trinajstić information content (AvgIpc) is 1.89. The molecule has 0 atom stereocenters. The van der Waals surface area contributed by atoms with Crippen molar-refractivity contribution in [1.29, 1.82) is 0 Å². The standard InChI is InChI=1S/C6H8F2O/c7-3-1-5-9-6-2-4-8/h1-2,5-6H,3-4H2. The topological polar surface area (TPSA) is 9.23 Å². The number of alkyl halides is 2. The summed E-state index contributed by atoms with van der Waals surface area (Å²) in [4.78, 5) is 0. The third-order valence-corrected chi connectivity index (χ3v) is 0.528. The molecule has 0 saturated carbocycles. The molecule has 0 amide bonds. The number of allylic oxidation sites excluding steroid dienone is 2. The van der Waals surface area contributed by atoms with Crippen LogP contribution in [0.5, 0.6) is 0 Å². The Kier molecular flexibility index (Phi) is 6.46. The lowest BCUT2D eigenvalue weighted by molar-refractivity contribution is 0.392. The summed E-state index contributed by atoms with van der Waals surface area (Å²) >= 11 is 0. The van der Waals surface area contributed by atoms with Gasteiger partial charge in [0.05, 0.1) is 12.5 Å². The zero-order valence-corrected chi connectivity index (χ0v) is 4.89. The van der Waals surface area contributed by atoms with Gasteiger partial charge in [-0.15, -0.1) is 0 Å². The normalized spacial score (nSPS) is 11.3. The van der Waals surface area contributed by atoms with E-state index in [0.717, 1.165) is 12.5 Å². The lowest BCUT2D eigenvalue weighted by Crippen LogP contribution is -1.68. The molecule has 3 heteroatoms. The fourth-order valence-electron chi connectivity index (χ4n) is 0.229. The molecule has 0 aromatic rings. The van der Waals surface area contributed by atoms with Crippen molar-refractivity contribution in [3.8, 4) is 0 Å². The molecule has 1 nitrogen and oxygen atoms in total. The highest BCUT2D eigenvalue weighted by molar-refractivity contribution is 4.78. The lowest BCUT2D eigenvalue weighted by Gasteiger charge is -1.84. The molecule has 0 heterocycles. The number of ether oxygens (including phenoxy) is 1. The molecule has 0 rings (SSSR count). The molecule has 0 aromatic heterocycles. The number of hydrogen-bond donors (Lipinski definition) is 0. The van der Waals surface area contributed by atoms with Crippen LogP contribution in [0.15, 0.2) is 24.7 Å². The Balaban J connectivity index is 3.08. The van der Waals surface area contributed by atoms with Crippen LogP contribution < -0.4 is 0 Å². The van der Waals surface area contributed by atoms with Crippen molar-refractivity contribution in [2.24, 2.45) is 0 Å². The van der Waals surface area contributed by atoms with E-state index in [-0.39, 0.29) is 0 Å². The van der Waals surface area contributed by atoms with Gasteiger partial charge in [0, 0.05) is 0 Å². The highest BCUT2D eigenvalue weighted by atomic mass is 19.1. The van der Waals surface area contributed by atoms with Crippen LogP contribution in [0.4, 0.5) is 8.78 Å². The predicted octanol–water partition coefficient (Wildman–Crippen LogP) is 1.97. The summed E-state index contributed by atoms with van der Waals surface area (Å²) < 4.78 is 26.9. The van der Waals surface area contributed by atoms with Crippen LogP contribution in [0.1, 0.15) is 0 Å². The molecule has 0 aliphatic heterocycles. The average molecular weight is 134 g/mol. The maximum absolute atomic E-state index is 11.2. The fourth-order valence-corrected chi connectivity index (χ4v) is 0.229. The summed E-state index contributed by atoms with van der Waals surface area (Å²) in [5.74, 6) is 0. The van der Waals surface area contributed by atoms with Crippen LogP contribution in [0.2, 0.25) is 0 Å². The summed E-state index contributed by atoms with van der Waals surface area (Å²) in [6, 6.07) is 0. The maximum Gasteiger partial charge on any atom is 0.111 e. The first-order chi connectivity index (χ1) is 4.41. The minimum absolute atomic E-state index is 0.566. The van der Waals surface area contributed by atoms with E-state index in [2.05, 4.69) is 4.74 Å². The van der Waals surface area contributed by atoms with Crippen LogP contribution in [-0.2, 0) is 4.74 Å². The summed E-state index contributed by atoms with van der Waals surface area (Å²) in [5.41, 5.74) is 0. The van der Waals surface area contributed by atoms with Gasteiger partial charge in [-0.3, -0.25) is 0 Å². The molecule has 0 bridgehead atoms. The lowest BCUT2D eigenvalue weighted by atomic mass is 10.7. The van der Waals surface area contributed by atoms with E-state index in [9.17, 15) is 8.78 Å². The number of hydrogen-bond acceptors (Lipinski definition) is 1. The van der Waals surface area contributed by atoms with Crippen molar-refractivity contribution in [2.75, 3.05) is 13.3 Å². The minimum atomic E-state index is -0.566. The van der Waals surface area contributed by atoms with Crippen LogP contribution in [0.25, 0.3) is 0 Å². The molecular weight excluding hydrogens is 126 g/mol. The third-order valence-electron chi connectivity index (χ3n) is 0.528. The third kappa shape index (κ3) is 7.14. The highest BCUT2D eigenvalue weighted by Crippen LogP contribution is 1.81. The zero-order chi connectivity index (χ0) is 6.95. The molecular formula is C6H8F2O. The van der Waals surface area contributed by atoms with Crippen molar-refractivity contribution in [3.05, 3.63) is 24.7 Å². The summed E-state index contributed by atoms with van der Waals surface area (Å²) in [7, 11) is 0. The first-order valence-electron chi connectivity index (χ1n) is 2.49. The molecule has 0 radical (unpaired) electrons. The van der Waals surface area contributed by atoms with Gasteiger partial charge in [0.15, 0.2) is 0 Å². The Morgan fingerprint density at radius 3 is 1.78 bits per heavy atom. The van der Waals surface area contributed by atoms with Gasteiger partial charge in [-0.05, 0) is 12.2 Å². The molecule has 0 saturated heterocycles. The van der Waals surface area contributed by atoms with Gasteiger partial charge >= 0.3 is 0 Å². The zero-order valence-electron chi connectivity index (χ0n) is 4.89. The highest BCUT2D eigenvalue weighted by Gasteiger charge is 1.69. The molecule has 0 spiro atoms. The predicted molar refractivity (Wildman–Crippen MR) is 31.3 cm³/mol. The quantitative estimate of drug-likeness (QED) is 0.534. The second-order valence-corrected chi connectivity index (χ2v) is 1.19. The second kappa shape index (κ2) is 7.14. The van der Waals surface area contributed by atoms with Crippen molar-refractivity contribution < 1.29 is 13.5 Å². The van der Waals surface area contributed by atoms with Crippen molar-refractivity contribution in [3.63, 3.8) is 0 Å². The van der Waals surface area contributed by atoms with Crippen molar-refractivity contribution >= 4 is 0 Å². The monoisotopic (exact) mass is 134 g/mol. The Bertz CT molecular complexity index is 87.2. The van der Waals surface area contributed by atoms with Crippen LogP contribution >= 0.6 is 0 Å². The van der Waals surface area contributed by atoms with Gasteiger partial charge in [0.25, 0.3) is 0 Å². The molecule has 0 fully saturated rings. The first kappa shape index (κ1) is 8.14. The number of halogens is 2. The Labute approximate surface area is 52.6 Å². The Hall–Kier alpha value is -0.860. The smallest absolute Gasteiger partial charge is 0.111 e. The van der Waals surface area contributed by atoms with Crippen LogP contribution in [0.3, 0.4) is 0 Å². The molecule has 0 aliphatic rings. The fraction of sp³-hybridized carbons (Fsp3) is 0.333. The van der Waals surface area contributed by atoms with Gasteiger partial charge in [-0.1, -0.05) is 0 Å². The molecule has 0 aliphatic carbocycles. The van der Waals surface area contributed by atoms with Gasteiger partial charge in [0.1, 0.15) is 13.3 Å². The van der Waals surface area contributed by atoms with Gasteiger partial charge in [0.2, 0.25) is 0 Å². The molecule has 0 unspecified atom stereocenters. The van der Waals surface area contributed by atoms with E-state index in [0.29, 0.717) is 0 Å². The van der Waals surface area contributed by atoms with Gasteiger partial charge in [-0.25, -0.2) is 8.78 Å². The van der Waals surface area contributed by atoms with E-state index in [1.54, 1.807) is 0 Å². The largest absolute Gasteiger partial charge is 0.473 e. The van der Waals surface area contributed by atoms with Crippen molar-refractivity contribution in [2.45, 2.75) is 0 Å². The summed E-state index contributed by atoms with van der Waals surface area (Å²) in [5, 5.41) is 0. The van der Waals surface area contributed by atoms with Crippen LogP contribution in [-0.4, -0.2) is 13.3 Å². The first-order valence-corrected chi connectivity index (χ1v) is 2.49. The summed E-state index contributed by atoms with van der Waals surface area (Å²) in [6.07, 6.45) is 4.68. The van der Waals surface area contributed by atoms with Gasteiger partial charge < -0.3 is 4.74 Å². The van der Waals surface area contributed by atoms with Crippen LogP contribution in [0, 0.1) is 0 Å². The molecule has 0 aromatic carbocycles. The maximum atomic E-state index is 11.2. The van der Waals surface area contributed by atoms with E-state index in [4.69, 9.17) is 0 Å². The van der Waals surface area contributed by atoms with E-state index < -0.39 is 13.3 Å². The Morgan fingerprint density at radius 1 is 1.00 bits per heavy atom. The molecule has 52 valence electrons. The van der Waals surface area contributed by atoms with E-state index >= 15 is 0 Å². The minimum Gasteiger partial charge on any atom is -0.473 e. The SMILES string of the molecule is FCC=COC=CCF. The van der Waals surface area contributed by atoms with E-state index in [1.807, 2.05) is 0 Å². The summed E-state index contributed by atoms with van der Waals surface area (Å²) in [6.45, 7) is -1.13. The Morgan fingerprint density at radius 2 is 1.44 bits per heavy atom. The van der Waals surface area contributed by atoms with Crippen molar-refractivity contribution in [1.82, 2.24) is 0 Å².